The average Bonchev–Trinajstić information content (AvgIpc) is 2.47. The molecule has 2 aromatic carbocycles. The summed E-state index contributed by atoms with van der Waals surface area (Å²) in [7, 11) is 0. The molecule has 0 saturated carbocycles. The summed E-state index contributed by atoms with van der Waals surface area (Å²) in [6.45, 7) is 0. The average molecular weight is 281 g/mol. The van der Waals surface area contributed by atoms with Crippen LogP contribution in [0.1, 0.15) is 5.56 Å². The Morgan fingerprint density at radius 1 is 1.10 bits per heavy atom. The third-order valence-corrected chi connectivity index (χ3v) is 3.28. The molecule has 0 unspecified atom stereocenters. The van der Waals surface area contributed by atoms with Crippen molar-refractivity contribution in [1.29, 1.82) is 0 Å². The van der Waals surface area contributed by atoms with Crippen LogP contribution < -0.4 is 0 Å². The Bertz CT molecular complexity index is 813. The molecule has 0 aliphatic heterocycles. The Labute approximate surface area is 120 Å². The largest absolute Gasteiger partial charge is 0.481 e. The second-order valence-corrected chi connectivity index (χ2v) is 4.76. The van der Waals surface area contributed by atoms with Crippen LogP contribution in [-0.4, -0.2) is 16.1 Å². The van der Waals surface area contributed by atoms with E-state index in [1.54, 1.807) is 18.2 Å². The fourth-order valence-electron chi connectivity index (χ4n) is 2.33. The number of carboxylic acids is 1. The van der Waals surface area contributed by atoms with E-state index in [1.165, 1.54) is 12.1 Å². The van der Waals surface area contributed by atoms with Gasteiger partial charge in [0.05, 0.1) is 17.6 Å². The van der Waals surface area contributed by atoms with Crippen molar-refractivity contribution in [3.63, 3.8) is 0 Å². The third kappa shape index (κ3) is 2.74. The van der Waals surface area contributed by atoms with Gasteiger partial charge in [-0.2, -0.15) is 0 Å². The highest BCUT2D eigenvalue weighted by Crippen LogP contribution is 2.25. The molecule has 3 rings (SSSR count). The summed E-state index contributed by atoms with van der Waals surface area (Å²) in [5.74, 6) is -1.21. The number of rotatable bonds is 3. The first-order valence-electron chi connectivity index (χ1n) is 6.50. The quantitative estimate of drug-likeness (QED) is 0.797. The zero-order valence-electron chi connectivity index (χ0n) is 11.1. The summed E-state index contributed by atoms with van der Waals surface area (Å²) >= 11 is 0. The molecule has 1 heterocycles. The van der Waals surface area contributed by atoms with Crippen LogP contribution in [0.25, 0.3) is 22.2 Å². The lowest BCUT2D eigenvalue weighted by Gasteiger charge is -2.08. The molecule has 1 N–H and O–H groups in total. The van der Waals surface area contributed by atoms with Crippen molar-refractivity contribution in [2.75, 3.05) is 0 Å². The maximum atomic E-state index is 13.0. The molecule has 0 radical (unpaired) electrons. The van der Waals surface area contributed by atoms with Gasteiger partial charge in [-0.3, -0.25) is 4.79 Å². The van der Waals surface area contributed by atoms with Gasteiger partial charge in [-0.15, -0.1) is 0 Å². The van der Waals surface area contributed by atoms with Gasteiger partial charge in [0.1, 0.15) is 5.82 Å². The summed E-state index contributed by atoms with van der Waals surface area (Å²) in [6.07, 6.45) is -0.0722. The normalized spacial score (nSPS) is 10.7. The number of hydrogen-bond donors (Lipinski definition) is 1. The summed E-state index contributed by atoms with van der Waals surface area (Å²) in [4.78, 5) is 15.6. The Kier molecular flexibility index (Phi) is 3.36. The van der Waals surface area contributed by atoms with Crippen molar-refractivity contribution in [2.24, 2.45) is 0 Å². The number of halogens is 1. The van der Waals surface area contributed by atoms with Gasteiger partial charge < -0.3 is 5.11 Å². The van der Waals surface area contributed by atoms with Crippen LogP contribution in [0.2, 0.25) is 0 Å². The number of carbonyl (C=O) groups is 1. The van der Waals surface area contributed by atoms with Crippen molar-refractivity contribution in [3.8, 4) is 11.3 Å². The molecule has 0 spiro atoms. The Balaban J connectivity index is 2.19. The number of hydrogen-bond acceptors (Lipinski definition) is 2. The highest BCUT2D eigenvalue weighted by Gasteiger charge is 2.10. The number of aromatic nitrogens is 1. The van der Waals surface area contributed by atoms with Crippen molar-refractivity contribution in [1.82, 2.24) is 4.98 Å². The van der Waals surface area contributed by atoms with Crippen LogP contribution in [0.4, 0.5) is 4.39 Å². The van der Waals surface area contributed by atoms with Gasteiger partial charge >= 0.3 is 5.97 Å². The Morgan fingerprint density at radius 2 is 1.81 bits per heavy atom. The number of benzene rings is 2. The van der Waals surface area contributed by atoms with Crippen LogP contribution in [0.5, 0.6) is 0 Å². The number of pyridine rings is 1. The molecular weight excluding hydrogens is 269 g/mol. The molecule has 0 bridgehead atoms. The summed E-state index contributed by atoms with van der Waals surface area (Å²) < 4.78 is 13.0. The lowest BCUT2D eigenvalue weighted by Crippen LogP contribution is -2.02. The van der Waals surface area contributed by atoms with Crippen molar-refractivity contribution in [3.05, 3.63) is 66.0 Å². The number of fused-ring (bicyclic) bond motifs is 1. The van der Waals surface area contributed by atoms with E-state index in [-0.39, 0.29) is 12.2 Å². The van der Waals surface area contributed by atoms with Crippen LogP contribution >= 0.6 is 0 Å². The standard InChI is InChI=1S/C17H12FNO2/c18-13-7-5-11(6-8-13)16-9-12(10-17(20)21)14-3-1-2-4-15(14)19-16/h1-9H,10H2,(H,20,21). The van der Waals surface area contributed by atoms with Gasteiger partial charge in [-0.25, -0.2) is 9.37 Å². The predicted molar refractivity (Wildman–Crippen MR) is 78.5 cm³/mol. The fraction of sp³-hybridized carbons (Fsp3) is 0.0588. The van der Waals surface area contributed by atoms with Crippen LogP contribution in [0.15, 0.2) is 54.6 Å². The minimum Gasteiger partial charge on any atom is -0.481 e. The number of carboxylic acid groups (broad SMARTS) is 1. The maximum Gasteiger partial charge on any atom is 0.307 e. The van der Waals surface area contributed by atoms with Gasteiger partial charge in [0.25, 0.3) is 0 Å². The molecule has 21 heavy (non-hydrogen) atoms. The molecule has 0 fully saturated rings. The van der Waals surface area contributed by atoms with Gasteiger partial charge in [0.2, 0.25) is 0 Å². The Hall–Kier alpha value is -2.75. The van der Waals surface area contributed by atoms with E-state index in [0.29, 0.717) is 11.3 Å². The van der Waals surface area contributed by atoms with E-state index in [9.17, 15) is 9.18 Å². The highest BCUT2D eigenvalue weighted by molar-refractivity contribution is 5.88. The molecular formula is C17H12FNO2. The van der Waals surface area contributed by atoms with E-state index in [4.69, 9.17) is 5.11 Å². The first kappa shape index (κ1) is 13.2. The molecule has 0 amide bonds. The van der Waals surface area contributed by atoms with Gasteiger partial charge in [0.15, 0.2) is 0 Å². The second kappa shape index (κ2) is 5.32. The summed E-state index contributed by atoms with van der Waals surface area (Å²) in [5, 5.41) is 9.88. The van der Waals surface area contributed by atoms with E-state index in [0.717, 1.165) is 16.5 Å². The predicted octanol–water partition coefficient (Wildman–Crippen LogP) is 3.67. The van der Waals surface area contributed by atoms with Crippen molar-refractivity contribution >= 4 is 16.9 Å². The molecule has 0 aliphatic rings. The molecule has 0 saturated heterocycles. The SMILES string of the molecule is O=C(O)Cc1cc(-c2ccc(F)cc2)nc2ccccc12. The molecule has 104 valence electrons. The van der Waals surface area contributed by atoms with Gasteiger partial charge in [-0.05, 0) is 42.0 Å². The van der Waals surface area contributed by atoms with Gasteiger partial charge in [0, 0.05) is 10.9 Å². The maximum absolute atomic E-state index is 13.0. The van der Waals surface area contributed by atoms with Crippen LogP contribution in [0.3, 0.4) is 0 Å². The second-order valence-electron chi connectivity index (χ2n) is 4.76. The molecule has 3 nitrogen and oxygen atoms in total. The third-order valence-electron chi connectivity index (χ3n) is 3.28. The van der Waals surface area contributed by atoms with E-state index < -0.39 is 5.97 Å². The molecule has 4 heteroatoms. The Morgan fingerprint density at radius 3 is 2.52 bits per heavy atom. The summed E-state index contributed by atoms with van der Waals surface area (Å²) in [6, 6.07) is 15.2. The molecule has 1 aromatic heterocycles. The summed E-state index contributed by atoms with van der Waals surface area (Å²) in [5.41, 5.74) is 2.83. The monoisotopic (exact) mass is 281 g/mol. The number of aliphatic carboxylic acids is 1. The van der Waals surface area contributed by atoms with E-state index >= 15 is 0 Å². The zero-order valence-corrected chi connectivity index (χ0v) is 11.1. The molecule has 3 aromatic rings. The van der Waals surface area contributed by atoms with Crippen molar-refractivity contribution < 1.29 is 14.3 Å². The number of nitrogens with zero attached hydrogens (tertiary/aromatic N) is 1. The first-order chi connectivity index (χ1) is 10.1. The van der Waals surface area contributed by atoms with E-state index in [2.05, 4.69) is 4.98 Å². The number of para-hydroxylation sites is 1. The van der Waals surface area contributed by atoms with Crippen LogP contribution in [0, 0.1) is 5.82 Å². The lowest BCUT2D eigenvalue weighted by atomic mass is 10.0. The minimum atomic E-state index is -0.892. The zero-order chi connectivity index (χ0) is 14.8. The molecule has 0 atom stereocenters. The minimum absolute atomic E-state index is 0.0722. The smallest absolute Gasteiger partial charge is 0.307 e. The van der Waals surface area contributed by atoms with E-state index in [1.807, 2.05) is 24.3 Å². The van der Waals surface area contributed by atoms with Crippen molar-refractivity contribution in [2.45, 2.75) is 6.42 Å². The molecule has 0 aliphatic carbocycles. The first-order valence-corrected chi connectivity index (χ1v) is 6.50. The lowest BCUT2D eigenvalue weighted by molar-refractivity contribution is -0.136. The topological polar surface area (TPSA) is 50.2 Å². The van der Waals surface area contributed by atoms with Gasteiger partial charge in [-0.1, -0.05) is 18.2 Å². The van der Waals surface area contributed by atoms with Crippen LogP contribution in [-0.2, 0) is 11.2 Å². The fourth-order valence-corrected chi connectivity index (χ4v) is 2.33. The highest BCUT2D eigenvalue weighted by atomic mass is 19.1.